The van der Waals surface area contributed by atoms with E-state index in [1.807, 2.05) is 5.38 Å². The van der Waals surface area contributed by atoms with E-state index in [0.29, 0.717) is 18.5 Å². The number of aliphatic hydroxyl groups is 1. The predicted molar refractivity (Wildman–Crippen MR) is 89.6 cm³/mol. The molecule has 1 aliphatic carbocycles. The van der Waals surface area contributed by atoms with Crippen molar-refractivity contribution in [3.05, 3.63) is 28.1 Å². The lowest BCUT2D eigenvalue weighted by atomic mass is 10.0. The third kappa shape index (κ3) is 3.45. The molecule has 3 rings (SSSR count). The minimum Gasteiger partial charge on any atom is -0.388 e. The van der Waals surface area contributed by atoms with E-state index in [4.69, 9.17) is 0 Å². The summed E-state index contributed by atoms with van der Waals surface area (Å²) in [5, 5.41) is 12.8. The first-order valence-corrected chi connectivity index (χ1v) is 8.75. The first-order chi connectivity index (χ1) is 11.0. The van der Waals surface area contributed by atoms with Gasteiger partial charge in [0.05, 0.1) is 17.3 Å². The Kier molecular flexibility index (Phi) is 4.50. The molecule has 0 unspecified atom stereocenters. The largest absolute Gasteiger partial charge is 0.388 e. The van der Waals surface area contributed by atoms with Crippen molar-refractivity contribution in [3.8, 4) is 0 Å². The van der Waals surface area contributed by atoms with Crippen LogP contribution < -0.4 is 5.56 Å². The van der Waals surface area contributed by atoms with Crippen molar-refractivity contribution in [2.75, 3.05) is 13.6 Å². The Hall–Kier alpha value is -1.73. The summed E-state index contributed by atoms with van der Waals surface area (Å²) >= 11 is 1.43. The average Bonchev–Trinajstić information content (AvgIpc) is 3.15. The van der Waals surface area contributed by atoms with Crippen LogP contribution in [0.25, 0.3) is 10.2 Å². The van der Waals surface area contributed by atoms with E-state index >= 15 is 0 Å². The predicted octanol–water partition coefficient (Wildman–Crippen LogP) is 1.61. The Labute approximate surface area is 138 Å². The van der Waals surface area contributed by atoms with Crippen molar-refractivity contribution in [1.29, 1.82) is 0 Å². The minimum atomic E-state index is -0.738. The van der Waals surface area contributed by atoms with Gasteiger partial charge in [0.15, 0.2) is 0 Å². The fourth-order valence-corrected chi connectivity index (χ4v) is 3.90. The van der Waals surface area contributed by atoms with Crippen LogP contribution in [0.15, 0.2) is 22.6 Å². The number of aryl methyl sites for hydroxylation is 1. The van der Waals surface area contributed by atoms with Gasteiger partial charge in [-0.3, -0.25) is 14.2 Å². The van der Waals surface area contributed by atoms with Crippen molar-refractivity contribution in [1.82, 2.24) is 14.5 Å². The van der Waals surface area contributed by atoms with Crippen LogP contribution in [0.5, 0.6) is 0 Å². The van der Waals surface area contributed by atoms with Crippen LogP contribution in [0.2, 0.25) is 0 Å². The molecular formula is C16H21N3O3S. The summed E-state index contributed by atoms with van der Waals surface area (Å²) in [5.41, 5.74) is -0.848. The molecule has 0 aromatic carbocycles. The first kappa shape index (κ1) is 16.1. The van der Waals surface area contributed by atoms with E-state index in [9.17, 15) is 14.7 Å². The highest BCUT2D eigenvalue weighted by atomic mass is 32.1. The Morgan fingerprint density at radius 1 is 1.48 bits per heavy atom. The van der Waals surface area contributed by atoms with E-state index in [1.54, 1.807) is 18.0 Å². The maximum absolute atomic E-state index is 12.3. The fraction of sp³-hybridized carbons (Fsp3) is 0.562. The Morgan fingerprint density at radius 2 is 2.22 bits per heavy atom. The van der Waals surface area contributed by atoms with Crippen molar-refractivity contribution >= 4 is 27.5 Å². The summed E-state index contributed by atoms with van der Waals surface area (Å²) in [6.07, 6.45) is 5.26. The molecule has 1 saturated carbocycles. The van der Waals surface area contributed by atoms with E-state index in [2.05, 4.69) is 4.98 Å². The van der Waals surface area contributed by atoms with Gasteiger partial charge >= 0.3 is 0 Å². The zero-order chi connectivity index (χ0) is 16.4. The number of carbonyl (C=O) groups excluding carboxylic acids is 1. The van der Waals surface area contributed by atoms with Crippen molar-refractivity contribution in [3.63, 3.8) is 0 Å². The molecule has 0 spiro atoms. The van der Waals surface area contributed by atoms with E-state index in [0.717, 1.165) is 30.5 Å². The van der Waals surface area contributed by atoms with Crippen LogP contribution in [-0.2, 0) is 11.3 Å². The summed E-state index contributed by atoms with van der Waals surface area (Å²) in [4.78, 5) is 31.1. The lowest BCUT2D eigenvalue weighted by molar-refractivity contribution is -0.133. The van der Waals surface area contributed by atoms with Crippen LogP contribution in [0.3, 0.4) is 0 Å². The molecule has 0 bridgehead atoms. The number of carbonyl (C=O) groups is 1. The minimum absolute atomic E-state index is 0.0670. The van der Waals surface area contributed by atoms with Gasteiger partial charge in [0.1, 0.15) is 4.83 Å². The number of fused-ring (bicyclic) bond motifs is 1. The van der Waals surface area contributed by atoms with Gasteiger partial charge in [-0.25, -0.2) is 4.98 Å². The van der Waals surface area contributed by atoms with Gasteiger partial charge in [0, 0.05) is 26.6 Å². The van der Waals surface area contributed by atoms with Crippen molar-refractivity contribution in [2.24, 2.45) is 0 Å². The maximum atomic E-state index is 12.3. The lowest BCUT2D eigenvalue weighted by Gasteiger charge is -2.28. The highest BCUT2D eigenvalue weighted by Gasteiger charge is 2.33. The molecule has 23 heavy (non-hydrogen) atoms. The number of hydrogen-bond acceptors (Lipinski definition) is 5. The molecule has 2 aromatic rings. The van der Waals surface area contributed by atoms with Gasteiger partial charge in [0.2, 0.25) is 5.91 Å². The number of thiophene rings is 1. The first-order valence-electron chi connectivity index (χ1n) is 7.87. The molecule has 124 valence electrons. The van der Waals surface area contributed by atoms with Crippen LogP contribution in [-0.4, -0.2) is 44.7 Å². The van der Waals surface area contributed by atoms with Crippen molar-refractivity contribution < 1.29 is 9.90 Å². The number of amides is 1. The maximum Gasteiger partial charge on any atom is 0.262 e. The SMILES string of the molecule is CN(CC1(O)CCCC1)C(=O)CCn1cnc2sccc2c1=O. The Morgan fingerprint density at radius 3 is 2.96 bits per heavy atom. The molecule has 0 radical (unpaired) electrons. The van der Waals surface area contributed by atoms with E-state index in [-0.39, 0.29) is 17.9 Å². The standard InChI is InChI=1S/C16H21N3O3S/c1-18(10-16(22)6-2-3-7-16)13(20)4-8-19-11-17-14-12(15(19)21)5-9-23-14/h5,9,11,22H,2-4,6-8,10H2,1H3. The van der Waals surface area contributed by atoms with Gasteiger partial charge in [-0.1, -0.05) is 12.8 Å². The van der Waals surface area contributed by atoms with E-state index in [1.165, 1.54) is 22.2 Å². The van der Waals surface area contributed by atoms with Gasteiger partial charge in [-0.05, 0) is 24.3 Å². The molecule has 2 aromatic heterocycles. The van der Waals surface area contributed by atoms with Crippen LogP contribution >= 0.6 is 11.3 Å². The molecule has 2 heterocycles. The quantitative estimate of drug-likeness (QED) is 0.901. The summed E-state index contributed by atoms with van der Waals surface area (Å²) in [7, 11) is 1.71. The molecule has 1 N–H and O–H groups in total. The number of likely N-dealkylation sites (N-methyl/N-ethyl adjacent to an activating group) is 1. The molecule has 1 amide bonds. The molecule has 0 atom stereocenters. The number of aromatic nitrogens is 2. The molecule has 0 saturated heterocycles. The highest BCUT2D eigenvalue weighted by Crippen LogP contribution is 2.30. The topological polar surface area (TPSA) is 75.4 Å². The second-order valence-electron chi connectivity index (χ2n) is 6.31. The van der Waals surface area contributed by atoms with Crippen molar-refractivity contribution in [2.45, 2.75) is 44.2 Å². The number of hydrogen-bond donors (Lipinski definition) is 1. The van der Waals surface area contributed by atoms with Crippen LogP contribution in [0, 0.1) is 0 Å². The molecule has 0 aliphatic heterocycles. The third-order valence-corrected chi connectivity index (χ3v) is 5.33. The van der Waals surface area contributed by atoms with Gasteiger partial charge in [-0.15, -0.1) is 11.3 Å². The number of rotatable bonds is 5. The third-order valence-electron chi connectivity index (χ3n) is 4.51. The summed E-state index contributed by atoms with van der Waals surface area (Å²) < 4.78 is 1.48. The van der Waals surface area contributed by atoms with E-state index < -0.39 is 5.60 Å². The Bertz CT molecular complexity index is 761. The molecule has 1 fully saturated rings. The zero-order valence-corrected chi connectivity index (χ0v) is 14.0. The molecule has 1 aliphatic rings. The second kappa shape index (κ2) is 6.41. The molecule has 7 heteroatoms. The monoisotopic (exact) mass is 335 g/mol. The summed E-state index contributed by atoms with van der Waals surface area (Å²) in [5.74, 6) is -0.0670. The normalized spacial score (nSPS) is 16.8. The lowest BCUT2D eigenvalue weighted by Crippen LogP contribution is -2.42. The average molecular weight is 335 g/mol. The van der Waals surface area contributed by atoms with Gasteiger partial charge < -0.3 is 10.0 Å². The zero-order valence-electron chi connectivity index (χ0n) is 13.2. The highest BCUT2D eigenvalue weighted by molar-refractivity contribution is 7.16. The second-order valence-corrected chi connectivity index (χ2v) is 7.21. The molecular weight excluding hydrogens is 314 g/mol. The smallest absolute Gasteiger partial charge is 0.262 e. The number of nitrogens with zero attached hydrogens (tertiary/aromatic N) is 3. The summed E-state index contributed by atoms with van der Waals surface area (Å²) in [6.45, 7) is 0.668. The summed E-state index contributed by atoms with van der Waals surface area (Å²) in [6, 6.07) is 1.76. The fourth-order valence-electron chi connectivity index (χ4n) is 3.18. The van der Waals surface area contributed by atoms with Gasteiger partial charge in [0.25, 0.3) is 5.56 Å². The Balaban J connectivity index is 1.61. The van der Waals surface area contributed by atoms with Crippen LogP contribution in [0.4, 0.5) is 0 Å². The molecule has 6 nitrogen and oxygen atoms in total. The van der Waals surface area contributed by atoms with Gasteiger partial charge in [-0.2, -0.15) is 0 Å². The van der Waals surface area contributed by atoms with Crippen LogP contribution in [0.1, 0.15) is 32.1 Å².